The number of anilines is 2. The minimum atomic E-state index is -4.41. The average molecular weight is 283 g/mol. The first-order valence-corrected chi connectivity index (χ1v) is 6.12. The molecule has 0 saturated heterocycles. The molecule has 3 rings (SSSR count). The lowest BCUT2D eigenvalue weighted by Crippen LogP contribution is -2.28. The Balaban J connectivity index is 1.94. The Kier molecular flexibility index (Phi) is 3.09. The average Bonchev–Trinajstić information content (AvgIpc) is 2.82. The Bertz CT molecular complexity index is 620. The van der Waals surface area contributed by atoms with Gasteiger partial charge in [0.1, 0.15) is 5.82 Å². The van der Waals surface area contributed by atoms with E-state index in [9.17, 15) is 13.2 Å². The minimum Gasteiger partial charge on any atom is -0.324 e. The van der Waals surface area contributed by atoms with Gasteiger partial charge >= 0.3 is 6.18 Å². The number of fused-ring (bicyclic) bond motifs is 1. The van der Waals surface area contributed by atoms with E-state index in [1.165, 1.54) is 12.1 Å². The van der Waals surface area contributed by atoms with Crippen LogP contribution in [0.3, 0.4) is 0 Å². The van der Waals surface area contributed by atoms with Crippen molar-refractivity contribution in [1.82, 2.24) is 20.1 Å². The van der Waals surface area contributed by atoms with E-state index >= 15 is 0 Å². The number of para-hydroxylation sites is 1. The fourth-order valence-corrected chi connectivity index (χ4v) is 2.14. The lowest BCUT2D eigenvalue weighted by atomic mass is 10.1. The molecule has 0 saturated carbocycles. The van der Waals surface area contributed by atoms with E-state index in [2.05, 4.69) is 20.8 Å². The van der Waals surface area contributed by atoms with Crippen molar-refractivity contribution < 1.29 is 13.2 Å². The van der Waals surface area contributed by atoms with Crippen LogP contribution in [0.1, 0.15) is 11.4 Å². The molecule has 1 aromatic carbocycles. The maximum atomic E-state index is 12.9. The number of alkyl halides is 3. The van der Waals surface area contributed by atoms with Gasteiger partial charge in [0.15, 0.2) is 0 Å². The number of halogens is 3. The van der Waals surface area contributed by atoms with Gasteiger partial charge in [0.25, 0.3) is 0 Å². The van der Waals surface area contributed by atoms with Crippen molar-refractivity contribution in [3.63, 3.8) is 0 Å². The maximum Gasteiger partial charge on any atom is 0.418 e. The molecule has 2 N–H and O–H groups in total. The highest BCUT2D eigenvalue weighted by Gasteiger charge is 2.33. The van der Waals surface area contributed by atoms with Gasteiger partial charge in [-0.15, -0.1) is 10.2 Å². The van der Waals surface area contributed by atoms with Crippen LogP contribution in [0.15, 0.2) is 24.3 Å². The highest BCUT2D eigenvalue weighted by atomic mass is 19.4. The molecule has 1 aliphatic heterocycles. The number of nitrogens with zero attached hydrogens (tertiary/aromatic N) is 3. The van der Waals surface area contributed by atoms with E-state index in [0.29, 0.717) is 24.9 Å². The second kappa shape index (κ2) is 4.78. The molecule has 8 heteroatoms. The third-order valence-corrected chi connectivity index (χ3v) is 3.10. The number of nitrogens with one attached hydrogen (secondary N) is 2. The van der Waals surface area contributed by atoms with Gasteiger partial charge in [-0.3, -0.25) is 4.57 Å². The van der Waals surface area contributed by atoms with Crippen LogP contribution in [0.5, 0.6) is 0 Å². The second-order valence-electron chi connectivity index (χ2n) is 4.44. The number of hydrogen-bond acceptors (Lipinski definition) is 4. The smallest absolute Gasteiger partial charge is 0.324 e. The zero-order valence-corrected chi connectivity index (χ0v) is 10.4. The summed E-state index contributed by atoms with van der Waals surface area (Å²) in [7, 11) is 0. The van der Waals surface area contributed by atoms with Crippen LogP contribution in [0.2, 0.25) is 0 Å². The summed E-state index contributed by atoms with van der Waals surface area (Å²) in [4.78, 5) is 0. The van der Waals surface area contributed by atoms with Gasteiger partial charge < -0.3 is 10.6 Å². The van der Waals surface area contributed by atoms with E-state index < -0.39 is 11.7 Å². The van der Waals surface area contributed by atoms with E-state index in [4.69, 9.17) is 0 Å². The van der Waals surface area contributed by atoms with E-state index in [1.54, 1.807) is 10.6 Å². The lowest BCUT2D eigenvalue weighted by Gasteiger charge is -2.18. The molecule has 0 amide bonds. The SMILES string of the molecule is FC(F)(F)c1ccccc1Nc1nnc2n1CCNC2. The number of benzene rings is 1. The summed E-state index contributed by atoms with van der Waals surface area (Å²) < 4.78 is 40.6. The van der Waals surface area contributed by atoms with E-state index in [0.717, 1.165) is 12.6 Å². The zero-order valence-electron chi connectivity index (χ0n) is 10.4. The van der Waals surface area contributed by atoms with Crippen molar-refractivity contribution in [1.29, 1.82) is 0 Å². The number of hydrogen-bond donors (Lipinski definition) is 2. The summed E-state index contributed by atoms with van der Waals surface area (Å²) in [6.45, 7) is 1.93. The van der Waals surface area contributed by atoms with Crippen LogP contribution in [-0.2, 0) is 19.3 Å². The Hall–Kier alpha value is -2.09. The van der Waals surface area contributed by atoms with Crippen LogP contribution >= 0.6 is 0 Å². The van der Waals surface area contributed by atoms with Gasteiger partial charge in [0.05, 0.1) is 17.8 Å². The Morgan fingerprint density at radius 3 is 2.80 bits per heavy atom. The van der Waals surface area contributed by atoms with Crippen molar-refractivity contribution in [3.05, 3.63) is 35.7 Å². The monoisotopic (exact) mass is 283 g/mol. The maximum absolute atomic E-state index is 12.9. The molecule has 1 aliphatic rings. The number of rotatable bonds is 2. The molecule has 0 fully saturated rings. The standard InChI is InChI=1S/C12H12F3N5/c13-12(14,15)8-3-1-2-4-9(8)17-11-19-18-10-7-16-5-6-20(10)11/h1-4,16H,5-7H2,(H,17,19). The first-order valence-electron chi connectivity index (χ1n) is 6.12. The van der Waals surface area contributed by atoms with Crippen molar-refractivity contribution in [2.75, 3.05) is 11.9 Å². The molecule has 0 radical (unpaired) electrons. The third kappa shape index (κ3) is 2.34. The predicted molar refractivity (Wildman–Crippen MR) is 66.5 cm³/mol. The van der Waals surface area contributed by atoms with Gasteiger partial charge in [0.2, 0.25) is 5.95 Å². The molecule has 0 spiro atoms. The predicted octanol–water partition coefficient (Wildman–Crippen LogP) is 2.14. The van der Waals surface area contributed by atoms with Gasteiger partial charge in [-0.2, -0.15) is 13.2 Å². The highest BCUT2D eigenvalue weighted by Crippen LogP contribution is 2.35. The molecule has 2 aromatic rings. The fourth-order valence-electron chi connectivity index (χ4n) is 2.14. The van der Waals surface area contributed by atoms with Crippen LogP contribution in [0.25, 0.3) is 0 Å². The molecule has 20 heavy (non-hydrogen) atoms. The molecular weight excluding hydrogens is 271 g/mol. The van der Waals surface area contributed by atoms with Crippen LogP contribution in [0, 0.1) is 0 Å². The first kappa shape index (κ1) is 12.9. The molecule has 2 heterocycles. The van der Waals surface area contributed by atoms with Gasteiger partial charge in [-0.25, -0.2) is 0 Å². The number of aromatic nitrogens is 3. The van der Waals surface area contributed by atoms with Crippen LogP contribution in [0.4, 0.5) is 24.8 Å². The van der Waals surface area contributed by atoms with Crippen molar-refractivity contribution >= 4 is 11.6 Å². The highest BCUT2D eigenvalue weighted by molar-refractivity contribution is 5.59. The summed E-state index contributed by atoms with van der Waals surface area (Å²) in [6, 6.07) is 5.33. The third-order valence-electron chi connectivity index (χ3n) is 3.10. The van der Waals surface area contributed by atoms with Crippen molar-refractivity contribution in [2.24, 2.45) is 0 Å². The van der Waals surface area contributed by atoms with Gasteiger partial charge in [-0.1, -0.05) is 12.1 Å². The molecule has 0 aliphatic carbocycles. The van der Waals surface area contributed by atoms with Crippen molar-refractivity contribution in [3.8, 4) is 0 Å². The van der Waals surface area contributed by atoms with Crippen molar-refractivity contribution in [2.45, 2.75) is 19.3 Å². The van der Waals surface area contributed by atoms with Crippen LogP contribution in [-0.4, -0.2) is 21.3 Å². The fraction of sp³-hybridized carbons (Fsp3) is 0.333. The largest absolute Gasteiger partial charge is 0.418 e. The summed E-state index contributed by atoms with van der Waals surface area (Å²) in [5.74, 6) is 1.04. The Morgan fingerprint density at radius 2 is 2.00 bits per heavy atom. The topological polar surface area (TPSA) is 54.8 Å². The molecular formula is C12H12F3N5. The summed E-state index contributed by atoms with van der Waals surface area (Å²) in [5.41, 5.74) is -0.736. The normalized spacial score (nSPS) is 14.9. The Morgan fingerprint density at radius 1 is 1.20 bits per heavy atom. The first-order chi connectivity index (χ1) is 9.55. The molecule has 0 atom stereocenters. The van der Waals surface area contributed by atoms with E-state index in [-0.39, 0.29) is 5.69 Å². The molecule has 0 bridgehead atoms. The Labute approximate surface area is 112 Å². The minimum absolute atomic E-state index is 0.0197. The molecule has 1 aromatic heterocycles. The molecule has 0 unspecified atom stereocenters. The van der Waals surface area contributed by atoms with Gasteiger partial charge in [0, 0.05) is 13.1 Å². The molecule has 5 nitrogen and oxygen atoms in total. The molecule has 106 valence electrons. The lowest BCUT2D eigenvalue weighted by molar-refractivity contribution is -0.136. The zero-order chi connectivity index (χ0) is 14.2. The van der Waals surface area contributed by atoms with Crippen LogP contribution < -0.4 is 10.6 Å². The quantitative estimate of drug-likeness (QED) is 0.886. The summed E-state index contributed by atoms with van der Waals surface area (Å²) >= 11 is 0. The summed E-state index contributed by atoms with van der Waals surface area (Å²) in [6.07, 6.45) is -4.41. The van der Waals surface area contributed by atoms with E-state index in [1.807, 2.05) is 0 Å². The van der Waals surface area contributed by atoms with Gasteiger partial charge in [-0.05, 0) is 12.1 Å². The second-order valence-corrected chi connectivity index (χ2v) is 4.44. The summed E-state index contributed by atoms with van der Waals surface area (Å²) in [5, 5.41) is 13.7.